The quantitative estimate of drug-likeness (QED) is 0.130. The average molecular weight is 1850 g/mol. The minimum atomic E-state index is 0.589. The molecule has 8 heterocycles. The molecule has 0 radical (unpaired) electrons. The van der Waals surface area contributed by atoms with E-state index in [1.165, 1.54) is 81.5 Å². The van der Waals surface area contributed by atoms with Crippen LogP contribution in [0.5, 0.6) is 0 Å². The number of nitrogens with zero attached hydrogens (tertiary/aromatic N) is 9. The van der Waals surface area contributed by atoms with Gasteiger partial charge in [0.2, 0.25) is 17.8 Å². The number of fused-ring (bicyclic) bond motifs is 30. The van der Waals surface area contributed by atoms with E-state index in [4.69, 9.17) is 43.2 Å². The molecular weight excluding hydrogens is 1770 g/mol. The van der Waals surface area contributed by atoms with Gasteiger partial charge in [-0.3, -0.25) is 14.0 Å². The molecule has 0 saturated carbocycles. The number of hydrogen-bond acceptors (Lipinski definition) is 10. The first-order valence-corrected chi connectivity index (χ1v) is 49.0. The molecule has 0 aliphatic carbocycles. The summed E-state index contributed by atoms with van der Waals surface area (Å²) in [7, 11) is 0. The molecule has 23 aromatic carbocycles. The highest BCUT2D eigenvalue weighted by atomic mass is 16.3. The van der Waals surface area contributed by atoms with Crippen molar-refractivity contribution in [3.8, 4) is 67.9 Å². The zero-order chi connectivity index (χ0) is 95.4. The lowest BCUT2D eigenvalue weighted by atomic mass is 9.99. The molecule has 0 N–H and O–H groups in total. The van der Waals surface area contributed by atoms with Crippen molar-refractivity contribution in [2.24, 2.45) is 0 Å². The van der Waals surface area contributed by atoms with E-state index in [2.05, 4.69) is 446 Å². The monoisotopic (exact) mass is 1850 g/mol. The molecule has 145 heavy (non-hydrogen) atoms. The Kier molecular flexibility index (Phi) is 19.0. The van der Waals surface area contributed by atoms with Crippen LogP contribution in [0.1, 0.15) is 5.56 Å². The molecule has 0 bridgehead atoms. The second kappa shape index (κ2) is 33.4. The Morgan fingerprint density at radius 1 is 0.193 bits per heavy atom. The summed E-state index contributed by atoms with van der Waals surface area (Å²) in [5, 5.41) is 28.4. The fourth-order valence-corrected chi connectivity index (χ4v) is 22.5. The van der Waals surface area contributed by atoms with Crippen LogP contribution in [0.15, 0.2) is 486 Å². The topological polar surface area (TPSA) is 130 Å². The second-order valence-corrected chi connectivity index (χ2v) is 37.4. The van der Waals surface area contributed by atoms with E-state index in [-0.39, 0.29) is 0 Å². The number of para-hydroxylation sites is 7. The molecule has 0 aliphatic rings. The SMILES string of the molecule is Cc1cc2ccccc2c2oc3c(-c4nc(-n5c6ccc7ccccc7c6c6c7ccccc7ccc65)nc5ccccc45)cccc3c12.c1ccc(-c2ccc(N(c3ccccc3)c3nc(-c4cccc5c4oc4c6ccccc6ccc54)c4ccccc4n3)cc2)cc1.c1ccc(-c2ccc3c(c2)c2c4ccccc4ccc2n3-c2nc(-c3cccc4c3oc3c5ccccc5ccc43)c3ccccc3n2)cc1. The van der Waals surface area contributed by atoms with Crippen LogP contribution >= 0.6 is 0 Å². The zero-order valence-electron chi connectivity index (χ0n) is 78.3. The van der Waals surface area contributed by atoms with E-state index >= 15 is 0 Å². The number of benzene rings is 23. The van der Waals surface area contributed by atoms with Crippen molar-refractivity contribution in [1.29, 1.82) is 0 Å². The maximum atomic E-state index is 6.88. The molecular formula is C133H81N9O3. The van der Waals surface area contributed by atoms with Crippen molar-refractivity contribution < 1.29 is 13.3 Å². The molecule has 31 rings (SSSR count). The summed E-state index contributed by atoms with van der Waals surface area (Å²) in [4.78, 5) is 34.0. The molecule has 676 valence electrons. The fraction of sp³-hybridized carbons (Fsp3) is 0.00752. The summed E-state index contributed by atoms with van der Waals surface area (Å²) < 4.78 is 24.9. The molecule has 0 saturated heterocycles. The van der Waals surface area contributed by atoms with Crippen LogP contribution < -0.4 is 4.90 Å². The van der Waals surface area contributed by atoms with Crippen LogP contribution in [0.3, 0.4) is 0 Å². The van der Waals surface area contributed by atoms with Gasteiger partial charge in [-0.05, 0) is 186 Å². The highest BCUT2D eigenvalue weighted by molar-refractivity contribution is 6.30. The van der Waals surface area contributed by atoms with Crippen LogP contribution in [0.4, 0.5) is 17.3 Å². The number of furan rings is 3. The summed E-state index contributed by atoms with van der Waals surface area (Å²) in [6, 6.07) is 166. The smallest absolute Gasteiger partial charge is 0.235 e. The molecule has 0 atom stereocenters. The Morgan fingerprint density at radius 3 is 1.03 bits per heavy atom. The lowest BCUT2D eigenvalue weighted by Crippen LogP contribution is -2.14. The zero-order valence-corrected chi connectivity index (χ0v) is 78.3. The van der Waals surface area contributed by atoms with Gasteiger partial charge in [0, 0.05) is 114 Å². The summed E-state index contributed by atoms with van der Waals surface area (Å²) in [5.41, 5.74) is 25.3. The van der Waals surface area contributed by atoms with Crippen molar-refractivity contribution >= 4 is 224 Å². The molecule has 31 aromatic rings. The summed E-state index contributed by atoms with van der Waals surface area (Å²) in [5.74, 6) is 1.85. The first-order chi connectivity index (χ1) is 71.8. The van der Waals surface area contributed by atoms with Gasteiger partial charge in [0.05, 0.1) is 55.7 Å². The van der Waals surface area contributed by atoms with Gasteiger partial charge in [-0.2, -0.15) is 0 Å². The Bertz CT molecular complexity index is 10700. The standard InChI is InChI=1S/C46H27N3O.C45H27N3O.C42H27N3O/c1-2-11-28(12-3-1)31-23-25-40-38(27-31)42-32-15-6-4-13-29(32)22-26-41(42)49(40)46-47-39-20-9-8-17-36(39)43(48-46)37-19-10-18-34-35-24-21-30-14-5-7-16-33(30)44(35)50-45(34)37;1-26-25-29-13-4-7-16-32(29)44-39(26)34-18-10-19-35(43(34)49-44)42-33-17-8-9-20-36(33)46-45(47-42)48-37-23-21-27-11-2-5-14-30(27)40(37)41-31-15-6-3-12-28(31)22-24-38(41)48;1-3-12-28(13-4-1)29-22-25-32(26-23-29)45(31-15-5-2-6-16-31)42-43-38-21-10-9-18-36(38)39(44-42)37-20-11-19-34-35-27-24-30-14-7-8-17-33(30)40(35)46-41(34)37/h1-27H;2-25H,1H3;1-27H. The average Bonchev–Trinajstić information content (AvgIpc) is 1.55. The van der Waals surface area contributed by atoms with E-state index < -0.39 is 0 Å². The predicted molar refractivity (Wildman–Crippen MR) is 601 cm³/mol. The molecule has 12 heteroatoms. The van der Waals surface area contributed by atoms with E-state index in [9.17, 15) is 0 Å². The van der Waals surface area contributed by atoms with Crippen LogP contribution in [0.2, 0.25) is 0 Å². The molecule has 0 aliphatic heterocycles. The number of rotatable bonds is 10. The number of hydrogen-bond donors (Lipinski definition) is 0. The highest BCUT2D eigenvalue weighted by Crippen LogP contribution is 2.50. The Hall–Kier alpha value is -19.6. The van der Waals surface area contributed by atoms with Crippen LogP contribution in [0, 0.1) is 6.92 Å². The maximum Gasteiger partial charge on any atom is 0.235 e. The highest BCUT2D eigenvalue weighted by Gasteiger charge is 2.29. The molecule has 0 unspecified atom stereocenters. The van der Waals surface area contributed by atoms with Gasteiger partial charge in [0.15, 0.2) is 0 Å². The fourth-order valence-electron chi connectivity index (χ4n) is 22.5. The normalized spacial score (nSPS) is 11.9. The van der Waals surface area contributed by atoms with Crippen molar-refractivity contribution in [2.45, 2.75) is 6.92 Å². The third-order valence-corrected chi connectivity index (χ3v) is 29.2. The van der Waals surface area contributed by atoms with Gasteiger partial charge in [-0.15, -0.1) is 0 Å². The largest absolute Gasteiger partial charge is 0.455 e. The van der Waals surface area contributed by atoms with Crippen LogP contribution in [0.25, 0.3) is 275 Å². The first kappa shape index (κ1) is 82.5. The van der Waals surface area contributed by atoms with Crippen LogP contribution in [-0.4, -0.2) is 39.0 Å². The first-order valence-electron chi connectivity index (χ1n) is 49.0. The molecule has 0 amide bonds. The molecule has 0 spiro atoms. The van der Waals surface area contributed by atoms with E-state index in [1.807, 2.05) is 48.5 Å². The summed E-state index contributed by atoms with van der Waals surface area (Å²) >= 11 is 0. The van der Waals surface area contributed by atoms with Gasteiger partial charge < -0.3 is 13.3 Å². The van der Waals surface area contributed by atoms with E-state index in [0.29, 0.717) is 17.8 Å². The summed E-state index contributed by atoms with van der Waals surface area (Å²) in [6.07, 6.45) is 0. The maximum absolute atomic E-state index is 6.88. The van der Waals surface area contributed by atoms with Gasteiger partial charge in [0.1, 0.15) is 33.5 Å². The van der Waals surface area contributed by atoms with Crippen LogP contribution in [-0.2, 0) is 0 Å². The third-order valence-electron chi connectivity index (χ3n) is 29.2. The number of anilines is 3. The molecule has 12 nitrogen and oxygen atoms in total. The van der Waals surface area contributed by atoms with E-state index in [0.717, 1.165) is 198 Å². The van der Waals surface area contributed by atoms with Gasteiger partial charge >= 0.3 is 0 Å². The van der Waals surface area contributed by atoms with Crippen molar-refractivity contribution in [3.05, 3.63) is 479 Å². The minimum absolute atomic E-state index is 0.589. The number of aromatic nitrogens is 8. The lowest BCUT2D eigenvalue weighted by Gasteiger charge is -2.24. The summed E-state index contributed by atoms with van der Waals surface area (Å²) in [6.45, 7) is 2.17. The Morgan fingerprint density at radius 2 is 0.524 bits per heavy atom. The molecule has 8 aromatic heterocycles. The lowest BCUT2D eigenvalue weighted by molar-refractivity contribution is 0.673. The van der Waals surface area contributed by atoms with Gasteiger partial charge in [-0.1, -0.05) is 370 Å². The molecule has 0 fully saturated rings. The Labute approximate surface area is 829 Å². The van der Waals surface area contributed by atoms with Crippen molar-refractivity contribution in [1.82, 2.24) is 39.0 Å². The Balaban J connectivity index is 0.000000103. The van der Waals surface area contributed by atoms with E-state index in [1.54, 1.807) is 0 Å². The number of aryl methyl sites for hydroxylation is 1. The van der Waals surface area contributed by atoms with Gasteiger partial charge in [-0.25, -0.2) is 29.9 Å². The third kappa shape index (κ3) is 13.4. The second-order valence-electron chi connectivity index (χ2n) is 37.4. The van der Waals surface area contributed by atoms with Crippen molar-refractivity contribution in [2.75, 3.05) is 4.90 Å². The van der Waals surface area contributed by atoms with Gasteiger partial charge in [0.25, 0.3) is 0 Å². The minimum Gasteiger partial charge on any atom is -0.455 e. The predicted octanol–water partition coefficient (Wildman–Crippen LogP) is 35.8. The van der Waals surface area contributed by atoms with Crippen molar-refractivity contribution in [3.63, 3.8) is 0 Å².